The highest BCUT2D eigenvalue weighted by Crippen LogP contribution is 2.54. The van der Waals surface area contributed by atoms with Crippen LogP contribution in [0.25, 0.3) is 22.2 Å². The first-order chi connectivity index (χ1) is 17.1. The smallest absolute Gasteiger partial charge is 0.130 e. The molecule has 0 radical (unpaired) electrons. The summed E-state index contributed by atoms with van der Waals surface area (Å²) in [5.74, 6) is 1.19. The van der Waals surface area contributed by atoms with Crippen molar-refractivity contribution in [2.75, 3.05) is 0 Å². The molecule has 1 aliphatic rings. The first-order valence-corrected chi connectivity index (χ1v) is 12.0. The average molecular weight is 464 g/mol. The minimum absolute atomic E-state index is 0.0698. The van der Waals surface area contributed by atoms with Crippen LogP contribution in [0.1, 0.15) is 36.6 Å². The molecule has 1 saturated carbocycles. The number of nitrogens with one attached hydrogen (secondary N) is 1. The number of hydrogen-bond donors (Lipinski definition) is 1. The van der Waals surface area contributed by atoms with Gasteiger partial charge in [0.1, 0.15) is 18.2 Å². The van der Waals surface area contributed by atoms with Crippen LogP contribution < -0.4 is 4.74 Å². The molecule has 0 atom stereocenters. The molecule has 2 heterocycles. The fourth-order valence-corrected chi connectivity index (χ4v) is 5.52. The lowest BCUT2D eigenvalue weighted by Crippen LogP contribution is -2.41. The van der Waals surface area contributed by atoms with E-state index in [1.165, 1.54) is 23.3 Å². The molecule has 0 amide bonds. The summed E-state index contributed by atoms with van der Waals surface area (Å²) in [4.78, 5) is 4.64. The van der Waals surface area contributed by atoms with Crippen LogP contribution in [-0.4, -0.2) is 15.2 Å². The van der Waals surface area contributed by atoms with E-state index in [4.69, 9.17) is 4.74 Å². The van der Waals surface area contributed by atoms with E-state index in [1.54, 1.807) is 6.07 Å². The summed E-state index contributed by atoms with van der Waals surface area (Å²) in [6.07, 6.45) is 4.03. The Labute approximate surface area is 203 Å². The molecule has 174 valence electrons. The summed E-state index contributed by atoms with van der Waals surface area (Å²) in [7, 11) is 0. The van der Waals surface area contributed by atoms with Gasteiger partial charge in [0.25, 0.3) is 0 Å². The van der Waals surface area contributed by atoms with Crippen LogP contribution in [0.2, 0.25) is 0 Å². The van der Waals surface area contributed by atoms with Crippen molar-refractivity contribution in [1.29, 1.82) is 0 Å². The predicted molar refractivity (Wildman–Crippen MR) is 136 cm³/mol. The van der Waals surface area contributed by atoms with Crippen molar-refractivity contribution in [1.82, 2.24) is 15.2 Å². The molecular formula is C30H26FN3O. The third kappa shape index (κ3) is 3.97. The van der Waals surface area contributed by atoms with Crippen molar-refractivity contribution in [3.63, 3.8) is 0 Å². The van der Waals surface area contributed by atoms with Gasteiger partial charge < -0.3 is 4.74 Å². The summed E-state index contributed by atoms with van der Waals surface area (Å²) >= 11 is 0. The molecule has 1 fully saturated rings. The maximum absolute atomic E-state index is 13.5. The third-order valence-corrected chi connectivity index (χ3v) is 7.10. The van der Waals surface area contributed by atoms with Crippen LogP contribution in [0, 0.1) is 11.7 Å². The monoisotopic (exact) mass is 463 g/mol. The van der Waals surface area contributed by atoms with Gasteiger partial charge in [0.15, 0.2) is 0 Å². The number of ether oxygens (including phenoxy) is 1. The number of pyridine rings is 1. The molecule has 1 N–H and O–H groups in total. The Morgan fingerprint density at radius 2 is 1.83 bits per heavy atom. The Balaban J connectivity index is 1.36. The van der Waals surface area contributed by atoms with Crippen molar-refractivity contribution in [3.8, 4) is 17.0 Å². The number of halogens is 1. The van der Waals surface area contributed by atoms with Gasteiger partial charge in [-0.05, 0) is 78.4 Å². The number of aromatic nitrogens is 3. The Kier molecular flexibility index (Phi) is 5.33. The second kappa shape index (κ2) is 8.66. The maximum Gasteiger partial charge on any atom is 0.130 e. The first kappa shape index (κ1) is 21.5. The number of benzene rings is 3. The van der Waals surface area contributed by atoms with E-state index in [0.717, 1.165) is 46.4 Å². The van der Waals surface area contributed by atoms with Crippen LogP contribution >= 0.6 is 0 Å². The summed E-state index contributed by atoms with van der Waals surface area (Å²) in [5.41, 5.74) is 6.12. The second-order valence-corrected chi connectivity index (χ2v) is 9.56. The topological polar surface area (TPSA) is 50.8 Å². The fraction of sp³-hybridized carbons (Fsp3) is 0.200. The van der Waals surface area contributed by atoms with Gasteiger partial charge in [0.05, 0.1) is 16.9 Å². The quantitative estimate of drug-likeness (QED) is 0.293. The molecule has 0 aliphatic heterocycles. The number of fused-ring (bicyclic) bond motifs is 1. The van der Waals surface area contributed by atoms with Crippen molar-refractivity contribution in [2.45, 2.75) is 31.8 Å². The summed E-state index contributed by atoms with van der Waals surface area (Å²) in [6, 6.07) is 27.5. The number of nitrogens with zero attached hydrogens (tertiary/aromatic N) is 2. The van der Waals surface area contributed by atoms with Crippen molar-refractivity contribution in [2.24, 2.45) is 5.92 Å². The fourth-order valence-electron chi connectivity index (χ4n) is 5.52. The zero-order valence-corrected chi connectivity index (χ0v) is 19.5. The van der Waals surface area contributed by atoms with E-state index in [1.807, 2.05) is 30.5 Å². The zero-order chi connectivity index (χ0) is 23.8. The Morgan fingerprint density at radius 3 is 2.60 bits per heavy atom. The lowest BCUT2D eigenvalue weighted by Gasteiger charge is -2.48. The SMILES string of the molecule is CC1CC(c2ccccc2)(c2cc(OCc3ccc4cc(F)ccc4n3)ccc2-c2cc[nH]n2)C1. The van der Waals surface area contributed by atoms with Gasteiger partial charge in [-0.25, -0.2) is 9.37 Å². The Hall–Kier alpha value is -3.99. The number of H-pyrrole nitrogens is 1. The highest BCUT2D eigenvalue weighted by Gasteiger charge is 2.46. The van der Waals surface area contributed by atoms with E-state index < -0.39 is 0 Å². The Bertz CT molecular complexity index is 1470. The maximum atomic E-state index is 13.5. The molecule has 5 aromatic rings. The normalized spacial score (nSPS) is 19.4. The van der Waals surface area contributed by atoms with E-state index in [9.17, 15) is 4.39 Å². The Morgan fingerprint density at radius 1 is 0.971 bits per heavy atom. The molecule has 6 rings (SSSR count). The van der Waals surface area contributed by atoms with Crippen molar-refractivity contribution in [3.05, 3.63) is 114 Å². The molecule has 1 aliphatic carbocycles. The van der Waals surface area contributed by atoms with Gasteiger partial charge in [0.2, 0.25) is 0 Å². The predicted octanol–water partition coefficient (Wildman–Crippen LogP) is 7.06. The van der Waals surface area contributed by atoms with Gasteiger partial charge in [-0.2, -0.15) is 5.10 Å². The van der Waals surface area contributed by atoms with Crippen LogP contribution in [0.5, 0.6) is 5.75 Å². The molecule has 0 spiro atoms. The third-order valence-electron chi connectivity index (χ3n) is 7.10. The lowest BCUT2D eigenvalue weighted by molar-refractivity contribution is 0.200. The van der Waals surface area contributed by atoms with E-state index >= 15 is 0 Å². The summed E-state index contributed by atoms with van der Waals surface area (Å²) in [5, 5.41) is 8.23. The summed E-state index contributed by atoms with van der Waals surface area (Å²) in [6.45, 7) is 2.65. The summed E-state index contributed by atoms with van der Waals surface area (Å²) < 4.78 is 19.7. The van der Waals surface area contributed by atoms with E-state index in [2.05, 4.69) is 64.6 Å². The molecule has 0 unspecified atom stereocenters. The average Bonchev–Trinajstić information content (AvgIpc) is 3.41. The first-order valence-electron chi connectivity index (χ1n) is 12.0. The molecule has 0 saturated heterocycles. The van der Waals surface area contributed by atoms with Crippen LogP contribution in [0.4, 0.5) is 4.39 Å². The molecule has 35 heavy (non-hydrogen) atoms. The molecule has 3 aromatic carbocycles. The van der Waals surface area contributed by atoms with Crippen molar-refractivity contribution < 1.29 is 9.13 Å². The van der Waals surface area contributed by atoms with Gasteiger partial charge in [-0.1, -0.05) is 43.3 Å². The minimum atomic E-state index is -0.259. The second-order valence-electron chi connectivity index (χ2n) is 9.56. The van der Waals surface area contributed by atoms with Gasteiger partial charge in [-0.15, -0.1) is 0 Å². The van der Waals surface area contributed by atoms with Crippen LogP contribution in [0.3, 0.4) is 0 Å². The van der Waals surface area contributed by atoms with Crippen LogP contribution in [-0.2, 0) is 12.0 Å². The van der Waals surface area contributed by atoms with E-state index in [0.29, 0.717) is 12.5 Å². The highest BCUT2D eigenvalue weighted by molar-refractivity contribution is 5.78. The lowest BCUT2D eigenvalue weighted by atomic mass is 9.55. The minimum Gasteiger partial charge on any atom is -0.487 e. The van der Waals surface area contributed by atoms with Gasteiger partial charge in [-0.3, -0.25) is 5.10 Å². The molecule has 2 aromatic heterocycles. The highest BCUT2D eigenvalue weighted by atomic mass is 19.1. The number of rotatable bonds is 6. The molecule has 0 bridgehead atoms. The number of aromatic amines is 1. The van der Waals surface area contributed by atoms with Crippen LogP contribution in [0.15, 0.2) is 91.1 Å². The molecule has 5 heteroatoms. The molecule has 4 nitrogen and oxygen atoms in total. The van der Waals surface area contributed by atoms with Gasteiger partial charge >= 0.3 is 0 Å². The van der Waals surface area contributed by atoms with E-state index in [-0.39, 0.29) is 11.2 Å². The van der Waals surface area contributed by atoms with Crippen molar-refractivity contribution >= 4 is 10.9 Å². The number of hydrogen-bond acceptors (Lipinski definition) is 3. The largest absolute Gasteiger partial charge is 0.487 e. The zero-order valence-electron chi connectivity index (χ0n) is 19.5. The van der Waals surface area contributed by atoms with Gasteiger partial charge in [0, 0.05) is 22.6 Å². The molecular weight excluding hydrogens is 437 g/mol. The standard InChI is InChI=1S/C30H26FN3O/c1-20-17-30(18-20,22-5-3-2-4-6-22)27-16-25(10-11-26(27)29-13-14-32-34-29)35-19-24-9-7-21-15-23(31)8-12-28(21)33-24/h2-16,20H,17-19H2,1H3,(H,32,34).